The standard InChI is InChI=1S/C4H9O.Li/c1-4(2)3-5;/h5H,3H2,1-2H3;/q-1;+1. The van der Waals surface area contributed by atoms with Gasteiger partial charge in [-0.05, 0) is 0 Å². The summed E-state index contributed by atoms with van der Waals surface area (Å²) in [7, 11) is 0. The maximum Gasteiger partial charge on any atom is 1.00 e. The van der Waals surface area contributed by atoms with Crippen molar-refractivity contribution in [3.05, 3.63) is 5.92 Å². The second-order valence-corrected chi connectivity index (χ2v) is 1.37. The predicted octanol–water partition coefficient (Wildman–Crippen LogP) is -2.40. The Kier molecular flexibility index (Phi) is 9.03. The van der Waals surface area contributed by atoms with Crippen LogP contribution >= 0.6 is 0 Å². The van der Waals surface area contributed by atoms with Gasteiger partial charge in [-0.25, -0.2) is 0 Å². The Morgan fingerprint density at radius 3 is 1.67 bits per heavy atom. The summed E-state index contributed by atoms with van der Waals surface area (Å²) in [4.78, 5) is 0. The average molecular weight is 80.1 g/mol. The number of aliphatic hydroxyl groups excluding tert-OH is 1. The summed E-state index contributed by atoms with van der Waals surface area (Å²) >= 11 is 0. The zero-order valence-electron chi connectivity index (χ0n) is 4.65. The number of rotatable bonds is 1. The van der Waals surface area contributed by atoms with Crippen molar-refractivity contribution in [2.45, 2.75) is 13.8 Å². The summed E-state index contributed by atoms with van der Waals surface area (Å²) in [6.45, 7) is 4.00. The van der Waals surface area contributed by atoms with E-state index in [1.165, 1.54) is 0 Å². The maximum atomic E-state index is 8.11. The first-order valence-corrected chi connectivity index (χ1v) is 1.67. The van der Waals surface area contributed by atoms with E-state index in [9.17, 15) is 0 Å². The molecule has 1 N–H and O–H groups in total. The van der Waals surface area contributed by atoms with Crippen LogP contribution in [0.25, 0.3) is 0 Å². The van der Waals surface area contributed by atoms with Gasteiger partial charge in [-0.3, -0.25) is 5.92 Å². The summed E-state index contributed by atoms with van der Waals surface area (Å²) in [5, 5.41) is 8.11. The molecule has 0 bridgehead atoms. The molecule has 0 aromatic heterocycles. The molecule has 0 saturated carbocycles. The van der Waals surface area contributed by atoms with Gasteiger partial charge >= 0.3 is 18.9 Å². The predicted molar refractivity (Wildman–Crippen MR) is 21.7 cm³/mol. The van der Waals surface area contributed by atoms with Crippen LogP contribution in [0.4, 0.5) is 0 Å². The number of hydrogen-bond donors (Lipinski definition) is 1. The molecular formula is C4H9LiO. The topological polar surface area (TPSA) is 20.2 Å². The molecule has 32 valence electrons. The third-order valence-electron chi connectivity index (χ3n) is 0.316. The molecule has 0 saturated heterocycles. The molecule has 2 heteroatoms. The number of hydrogen-bond acceptors (Lipinski definition) is 1. The minimum atomic E-state index is 0. The van der Waals surface area contributed by atoms with Gasteiger partial charge in [0.15, 0.2) is 0 Å². The van der Waals surface area contributed by atoms with E-state index in [1.54, 1.807) is 0 Å². The van der Waals surface area contributed by atoms with Crippen LogP contribution in [0.5, 0.6) is 0 Å². The SMILES string of the molecule is C[C-](C)CO.[Li+]. The molecule has 6 heavy (non-hydrogen) atoms. The van der Waals surface area contributed by atoms with Crippen LogP contribution in [0.1, 0.15) is 13.8 Å². The van der Waals surface area contributed by atoms with E-state index in [2.05, 4.69) is 0 Å². The molecule has 0 radical (unpaired) electrons. The quantitative estimate of drug-likeness (QED) is 0.275. The molecule has 0 rings (SSSR count). The van der Waals surface area contributed by atoms with Crippen molar-refractivity contribution in [2.75, 3.05) is 6.61 Å². The molecule has 0 unspecified atom stereocenters. The van der Waals surface area contributed by atoms with Crippen LogP contribution in [-0.2, 0) is 0 Å². The summed E-state index contributed by atoms with van der Waals surface area (Å²) in [5.41, 5.74) is 0. The fourth-order valence-corrected chi connectivity index (χ4v) is 0. The van der Waals surface area contributed by atoms with Gasteiger partial charge in [0.05, 0.1) is 0 Å². The minimum absolute atomic E-state index is 0. The molecular weight excluding hydrogens is 71.0 g/mol. The van der Waals surface area contributed by atoms with Crippen LogP contribution in [0.3, 0.4) is 0 Å². The van der Waals surface area contributed by atoms with Crippen molar-refractivity contribution >= 4 is 0 Å². The summed E-state index contributed by atoms with van der Waals surface area (Å²) in [6.07, 6.45) is 0. The first-order valence-electron chi connectivity index (χ1n) is 1.67. The molecule has 0 atom stereocenters. The van der Waals surface area contributed by atoms with Gasteiger partial charge in [-0.1, -0.05) is 6.61 Å². The van der Waals surface area contributed by atoms with Crippen molar-refractivity contribution in [3.8, 4) is 0 Å². The molecule has 0 aromatic rings. The molecule has 1 nitrogen and oxygen atoms in total. The number of aliphatic hydroxyl groups is 1. The van der Waals surface area contributed by atoms with Gasteiger partial charge in [-0.15, -0.1) is 0 Å². The van der Waals surface area contributed by atoms with Crippen molar-refractivity contribution in [3.63, 3.8) is 0 Å². The van der Waals surface area contributed by atoms with Crippen LogP contribution < -0.4 is 18.9 Å². The van der Waals surface area contributed by atoms with Gasteiger partial charge in [-0.2, -0.15) is 13.8 Å². The van der Waals surface area contributed by atoms with Crippen molar-refractivity contribution < 1.29 is 24.0 Å². The zero-order chi connectivity index (χ0) is 4.28. The van der Waals surface area contributed by atoms with Gasteiger partial charge in [0.25, 0.3) is 0 Å². The van der Waals surface area contributed by atoms with Gasteiger partial charge in [0.2, 0.25) is 0 Å². The van der Waals surface area contributed by atoms with Gasteiger partial charge in [0.1, 0.15) is 0 Å². The normalized spacial score (nSPS) is 8.00. The van der Waals surface area contributed by atoms with E-state index < -0.39 is 0 Å². The molecule has 0 aromatic carbocycles. The Morgan fingerprint density at radius 2 is 1.67 bits per heavy atom. The molecule has 0 spiro atoms. The molecule has 0 fully saturated rings. The first kappa shape index (κ1) is 9.75. The minimum Gasteiger partial charge on any atom is -0.428 e. The van der Waals surface area contributed by atoms with Crippen LogP contribution in [0.2, 0.25) is 0 Å². The third-order valence-corrected chi connectivity index (χ3v) is 0.316. The van der Waals surface area contributed by atoms with Crippen molar-refractivity contribution in [1.82, 2.24) is 0 Å². The first-order chi connectivity index (χ1) is 2.27. The van der Waals surface area contributed by atoms with E-state index >= 15 is 0 Å². The van der Waals surface area contributed by atoms with E-state index in [0.717, 1.165) is 5.92 Å². The van der Waals surface area contributed by atoms with Crippen LogP contribution in [0, 0.1) is 5.92 Å². The van der Waals surface area contributed by atoms with E-state index in [4.69, 9.17) is 5.11 Å². The Labute approximate surface area is 50.9 Å². The maximum absolute atomic E-state index is 8.11. The molecule has 0 heterocycles. The van der Waals surface area contributed by atoms with Crippen LogP contribution in [-0.4, -0.2) is 11.7 Å². The van der Waals surface area contributed by atoms with E-state index in [0.29, 0.717) is 0 Å². The Hall–Kier alpha value is 0.557. The second-order valence-electron chi connectivity index (χ2n) is 1.37. The van der Waals surface area contributed by atoms with Crippen molar-refractivity contribution in [2.24, 2.45) is 0 Å². The fraction of sp³-hybridized carbons (Fsp3) is 0.750. The van der Waals surface area contributed by atoms with Gasteiger partial charge in [0, 0.05) is 0 Å². The molecule has 0 aliphatic rings. The Morgan fingerprint density at radius 1 is 1.50 bits per heavy atom. The fourth-order valence-electron chi connectivity index (χ4n) is 0. The third kappa shape index (κ3) is 8.82. The smallest absolute Gasteiger partial charge is 0.428 e. The molecule has 0 aliphatic heterocycles. The van der Waals surface area contributed by atoms with Crippen LogP contribution in [0.15, 0.2) is 0 Å². The average Bonchev–Trinajstić information content (AvgIpc) is 1.38. The van der Waals surface area contributed by atoms with E-state index in [-0.39, 0.29) is 25.5 Å². The zero-order valence-corrected chi connectivity index (χ0v) is 4.65. The summed E-state index contributed by atoms with van der Waals surface area (Å²) in [6, 6.07) is 0. The molecule has 0 aliphatic carbocycles. The van der Waals surface area contributed by atoms with Crippen molar-refractivity contribution in [1.29, 1.82) is 0 Å². The summed E-state index contributed by atoms with van der Waals surface area (Å²) < 4.78 is 0. The second kappa shape index (κ2) is 5.56. The van der Waals surface area contributed by atoms with Gasteiger partial charge < -0.3 is 5.11 Å². The largest absolute Gasteiger partial charge is 1.00 e. The van der Waals surface area contributed by atoms with E-state index in [1.807, 2.05) is 13.8 Å². The Balaban J connectivity index is 0. The Bertz CT molecular complexity index is 21.5. The summed E-state index contributed by atoms with van der Waals surface area (Å²) in [5.74, 6) is 1.06. The molecule has 0 amide bonds. The monoisotopic (exact) mass is 80.1 g/mol.